The number of hydrogen-bond donors (Lipinski definition) is 1. The van der Waals surface area contributed by atoms with Crippen LogP contribution in [-0.2, 0) is 6.54 Å². The molecule has 0 aromatic carbocycles. The lowest BCUT2D eigenvalue weighted by atomic mass is 10.2. The molecule has 0 unspecified atom stereocenters. The first-order valence-corrected chi connectivity index (χ1v) is 6.16. The highest BCUT2D eigenvalue weighted by Gasteiger charge is 2.20. The van der Waals surface area contributed by atoms with E-state index in [9.17, 15) is 0 Å². The fourth-order valence-electron chi connectivity index (χ4n) is 1.69. The molecule has 0 atom stereocenters. The van der Waals surface area contributed by atoms with Crippen LogP contribution in [-0.4, -0.2) is 18.1 Å². The number of hydrogen-bond acceptors (Lipinski definition) is 3. The summed E-state index contributed by atoms with van der Waals surface area (Å²) in [5.41, 5.74) is 1.20. The average Bonchev–Trinajstić information content (AvgIpc) is 3.12. The van der Waals surface area contributed by atoms with Gasteiger partial charge in [0, 0.05) is 18.3 Å². The zero-order chi connectivity index (χ0) is 11.2. The summed E-state index contributed by atoms with van der Waals surface area (Å²) >= 11 is 0. The lowest BCUT2D eigenvalue weighted by Crippen LogP contribution is -2.13. The van der Waals surface area contributed by atoms with E-state index in [-0.39, 0.29) is 0 Å². The van der Waals surface area contributed by atoms with Gasteiger partial charge in [-0.15, -0.1) is 0 Å². The van der Waals surface area contributed by atoms with E-state index in [0.29, 0.717) is 0 Å². The zero-order valence-electron chi connectivity index (χ0n) is 9.91. The van der Waals surface area contributed by atoms with Crippen molar-refractivity contribution < 1.29 is 4.74 Å². The second-order valence-corrected chi connectivity index (χ2v) is 4.34. The Balaban J connectivity index is 1.84. The van der Waals surface area contributed by atoms with Crippen molar-refractivity contribution in [3.05, 3.63) is 24.0 Å². The SMILES string of the molecule is CCNCc1ccncc1OCCC1CC1. The first-order valence-electron chi connectivity index (χ1n) is 6.16. The van der Waals surface area contributed by atoms with Gasteiger partial charge in [-0.2, -0.15) is 0 Å². The van der Waals surface area contributed by atoms with Crippen LogP contribution in [0.2, 0.25) is 0 Å². The highest BCUT2D eigenvalue weighted by atomic mass is 16.5. The molecular weight excluding hydrogens is 200 g/mol. The van der Waals surface area contributed by atoms with Crippen molar-refractivity contribution >= 4 is 0 Å². The van der Waals surface area contributed by atoms with Gasteiger partial charge >= 0.3 is 0 Å². The predicted octanol–water partition coefficient (Wildman–Crippen LogP) is 2.37. The minimum absolute atomic E-state index is 0.829. The number of pyridine rings is 1. The van der Waals surface area contributed by atoms with Gasteiger partial charge in [0.2, 0.25) is 0 Å². The van der Waals surface area contributed by atoms with Crippen molar-refractivity contribution in [2.45, 2.75) is 32.7 Å². The lowest BCUT2D eigenvalue weighted by Gasteiger charge is -2.10. The van der Waals surface area contributed by atoms with Crippen LogP contribution in [0.15, 0.2) is 18.5 Å². The van der Waals surface area contributed by atoms with Gasteiger partial charge in [-0.25, -0.2) is 0 Å². The monoisotopic (exact) mass is 220 g/mol. The van der Waals surface area contributed by atoms with Gasteiger partial charge in [0.15, 0.2) is 0 Å². The maximum Gasteiger partial charge on any atom is 0.142 e. The Morgan fingerprint density at radius 3 is 3.12 bits per heavy atom. The van der Waals surface area contributed by atoms with Gasteiger partial charge in [-0.3, -0.25) is 4.98 Å². The van der Waals surface area contributed by atoms with Gasteiger partial charge in [0.25, 0.3) is 0 Å². The lowest BCUT2D eigenvalue weighted by molar-refractivity contribution is 0.297. The summed E-state index contributed by atoms with van der Waals surface area (Å²) in [4.78, 5) is 4.11. The molecule has 1 heterocycles. The molecule has 16 heavy (non-hydrogen) atoms. The summed E-state index contributed by atoms with van der Waals surface area (Å²) in [6, 6.07) is 2.02. The molecule has 1 aromatic heterocycles. The Bertz CT molecular complexity index is 323. The van der Waals surface area contributed by atoms with Gasteiger partial charge in [-0.1, -0.05) is 19.8 Å². The van der Waals surface area contributed by atoms with E-state index in [1.54, 1.807) is 0 Å². The molecule has 0 amide bonds. The molecule has 1 aliphatic carbocycles. The van der Waals surface area contributed by atoms with Crippen LogP contribution in [0.5, 0.6) is 5.75 Å². The van der Waals surface area contributed by atoms with Crippen LogP contribution in [0, 0.1) is 5.92 Å². The van der Waals surface area contributed by atoms with E-state index in [2.05, 4.69) is 17.2 Å². The molecular formula is C13H20N2O. The molecule has 1 fully saturated rings. The van der Waals surface area contributed by atoms with Crippen LogP contribution in [0.3, 0.4) is 0 Å². The maximum absolute atomic E-state index is 5.78. The Morgan fingerprint density at radius 2 is 2.38 bits per heavy atom. The third kappa shape index (κ3) is 3.49. The summed E-state index contributed by atoms with van der Waals surface area (Å²) in [6.45, 7) is 4.77. The van der Waals surface area contributed by atoms with Crippen LogP contribution in [0.4, 0.5) is 0 Å². The number of ether oxygens (including phenoxy) is 1. The minimum Gasteiger partial charge on any atom is -0.492 e. The molecule has 0 saturated heterocycles. The van der Waals surface area contributed by atoms with Gasteiger partial charge in [0.05, 0.1) is 12.8 Å². The number of nitrogens with zero attached hydrogens (tertiary/aromatic N) is 1. The molecule has 0 radical (unpaired) electrons. The minimum atomic E-state index is 0.829. The molecule has 3 heteroatoms. The highest BCUT2D eigenvalue weighted by Crippen LogP contribution is 2.32. The normalized spacial score (nSPS) is 15.1. The Hall–Kier alpha value is -1.09. The Kier molecular flexibility index (Phi) is 4.17. The molecule has 1 aromatic rings. The van der Waals surface area contributed by atoms with Crippen LogP contribution < -0.4 is 10.1 Å². The Labute approximate surface area is 97.2 Å². The van der Waals surface area contributed by atoms with E-state index >= 15 is 0 Å². The van der Waals surface area contributed by atoms with Gasteiger partial charge in [-0.05, 0) is 24.9 Å². The van der Waals surface area contributed by atoms with Crippen LogP contribution in [0.25, 0.3) is 0 Å². The first-order chi connectivity index (χ1) is 7.90. The molecule has 0 spiro atoms. The molecule has 0 aliphatic heterocycles. The van der Waals surface area contributed by atoms with E-state index in [1.807, 2.05) is 18.5 Å². The van der Waals surface area contributed by atoms with E-state index in [4.69, 9.17) is 4.74 Å². The molecule has 1 saturated carbocycles. The average molecular weight is 220 g/mol. The smallest absolute Gasteiger partial charge is 0.142 e. The van der Waals surface area contributed by atoms with Crippen LogP contribution in [0.1, 0.15) is 31.7 Å². The van der Waals surface area contributed by atoms with E-state index < -0.39 is 0 Å². The number of nitrogens with one attached hydrogen (secondary N) is 1. The fourth-order valence-corrected chi connectivity index (χ4v) is 1.69. The summed E-state index contributed by atoms with van der Waals surface area (Å²) in [7, 11) is 0. The van der Waals surface area contributed by atoms with Crippen LogP contribution >= 0.6 is 0 Å². The van der Waals surface area contributed by atoms with Crippen molar-refractivity contribution in [3.8, 4) is 5.75 Å². The van der Waals surface area contributed by atoms with Crippen molar-refractivity contribution in [1.82, 2.24) is 10.3 Å². The fraction of sp³-hybridized carbons (Fsp3) is 0.615. The van der Waals surface area contributed by atoms with Gasteiger partial charge < -0.3 is 10.1 Å². The third-order valence-electron chi connectivity index (χ3n) is 2.92. The summed E-state index contributed by atoms with van der Waals surface area (Å²) < 4.78 is 5.78. The summed E-state index contributed by atoms with van der Waals surface area (Å²) in [5, 5.41) is 3.31. The topological polar surface area (TPSA) is 34.2 Å². The number of rotatable bonds is 7. The second kappa shape index (κ2) is 5.85. The van der Waals surface area contributed by atoms with Gasteiger partial charge in [0.1, 0.15) is 5.75 Å². The summed E-state index contributed by atoms with van der Waals surface area (Å²) in [5.74, 6) is 1.86. The van der Waals surface area contributed by atoms with Crippen molar-refractivity contribution in [2.75, 3.05) is 13.2 Å². The largest absolute Gasteiger partial charge is 0.492 e. The molecule has 1 aliphatic rings. The van der Waals surface area contributed by atoms with Crippen molar-refractivity contribution in [1.29, 1.82) is 0 Å². The quantitative estimate of drug-likeness (QED) is 0.766. The first kappa shape index (κ1) is 11.4. The maximum atomic E-state index is 5.78. The molecule has 1 N–H and O–H groups in total. The van der Waals surface area contributed by atoms with E-state index in [1.165, 1.54) is 24.8 Å². The third-order valence-corrected chi connectivity index (χ3v) is 2.92. The molecule has 88 valence electrons. The molecule has 0 bridgehead atoms. The van der Waals surface area contributed by atoms with Crippen molar-refractivity contribution in [3.63, 3.8) is 0 Å². The second-order valence-electron chi connectivity index (χ2n) is 4.34. The number of aromatic nitrogens is 1. The highest BCUT2D eigenvalue weighted by molar-refractivity contribution is 5.29. The zero-order valence-corrected chi connectivity index (χ0v) is 9.91. The standard InChI is InChI=1S/C13H20N2O/c1-2-14-9-12-5-7-15-10-13(12)16-8-6-11-3-4-11/h5,7,10-11,14H,2-4,6,8-9H2,1H3. The van der Waals surface area contributed by atoms with E-state index in [0.717, 1.165) is 31.4 Å². The summed E-state index contributed by atoms with van der Waals surface area (Å²) in [6.07, 6.45) is 7.61. The Morgan fingerprint density at radius 1 is 1.50 bits per heavy atom. The predicted molar refractivity (Wildman–Crippen MR) is 64.5 cm³/mol. The molecule has 3 nitrogen and oxygen atoms in total. The molecule has 2 rings (SSSR count). The van der Waals surface area contributed by atoms with Crippen molar-refractivity contribution in [2.24, 2.45) is 5.92 Å².